The van der Waals surface area contributed by atoms with Gasteiger partial charge in [-0.15, -0.1) is 0 Å². The Hall–Kier alpha value is -1.22. The number of fused-ring (bicyclic) bond motifs is 1. The number of hydrogen-bond acceptors (Lipinski definition) is 3. The fourth-order valence-electron chi connectivity index (χ4n) is 2.72. The molecule has 1 saturated heterocycles. The van der Waals surface area contributed by atoms with Crippen LogP contribution in [0.1, 0.15) is 25.3 Å². The zero-order valence-corrected chi connectivity index (χ0v) is 10.4. The van der Waals surface area contributed by atoms with E-state index in [9.17, 15) is 0 Å². The van der Waals surface area contributed by atoms with Gasteiger partial charge in [-0.3, -0.25) is 0 Å². The molecule has 0 radical (unpaired) electrons. The Morgan fingerprint density at radius 3 is 3.06 bits per heavy atom. The van der Waals surface area contributed by atoms with Gasteiger partial charge in [-0.1, -0.05) is 6.07 Å². The van der Waals surface area contributed by atoms with Crippen LogP contribution in [-0.2, 0) is 6.42 Å². The Kier molecular flexibility index (Phi) is 2.71. The number of hydrogen-bond donors (Lipinski definition) is 2. The maximum absolute atomic E-state index is 6.26. The van der Waals surface area contributed by atoms with Gasteiger partial charge in [-0.05, 0) is 38.4 Å². The minimum atomic E-state index is -0.0351. The van der Waals surface area contributed by atoms with Crippen LogP contribution in [-0.4, -0.2) is 25.2 Å². The lowest BCUT2D eigenvalue weighted by molar-refractivity contribution is 0.109. The number of anilines is 1. The largest absolute Gasteiger partial charge is 0.486 e. The Balaban J connectivity index is 1.87. The van der Waals surface area contributed by atoms with Crippen molar-refractivity contribution in [3.05, 3.63) is 23.8 Å². The average Bonchev–Trinajstić information content (AvgIpc) is 2.76. The molecule has 2 heterocycles. The van der Waals surface area contributed by atoms with Crippen LogP contribution >= 0.6 is 0 Å². The molecule has 0 aromatic heterocycles. The third-order valence-electron chi connectivity index (χ3n) is 3.74. The molecule has 1 aromatic rings. The molecule has 0 aliphatic carbocycles. The fraction of sp³-hybridized carbons (Fsp3) is 0.571. The molecule has 3 nitrogen and oxygen atoms in total. The van der Waals surface area contributed by atoms with E-state index in [1.54, 1.807) is 0 Å². The van der Waals surface area contributed by atoms with Gasteiger partial charge in [0.1, 0.15) is 11.4 Å². The summed E-state index contributed by atoms with van der Waals surface area (Å²) in [7, 11) is 0. The Morgan fingerprint density at radius 1 is 1.29 bits per heavy atom. The smallest absolute Gasteiger partial charge is 0.125 e. The van der Waals surface area contributed by atoms with Crippen molar-refractivity contribution in [2.45, 2.75) is 31.8 Å². The molecule has 0 bridgehead atoms. The van der Waals surface area contributed by atoms with Crippen molar-refractivity contribution in [3.8, 4) is 5.75 Å². The van der Waals surface area contributed by atoms with Crippen molar-refractivity contribution in [1.82, 2.24) is 5.32 Å². The van der Waals surface area contributed by atoms with E-state index in [-0.39, 0.29) is 5.60 Å². The van der Waals surface area contributed by atoms with E-state index in [1.165, 1.54) is 17.7 Å². The summed E-state index contributed by atoms with van der Waals surface area (Å²) in [4.78, 5) is 0. The zero-order chi connectivity index (χ0) is 11.7. The molecule has 1 fully saturated rings. The lowest BCUT2D eigenvalue weighted by atomic mass is 10.0. The van der Waals surface area contributed by atoms with E-state index in [0.717, 1.165) is 38.2 Å². The Morgan fingerprint density at radius 2 is 2.24 bits per heavy atom. The number of rotatable bonds is 2. The first-order valence-corrected chi connectivity index (χ1v) is 6.52. The zero-order valence-electron chi connectivity index (χ0n) is 10.4. The molecule has 0 amide bonds. The average molecular weight is 232 g/mol. The van der Waals surface area contributed by atoms with Crippen LogP contribution in [0.25, 0.3) is 0 Å². The summed E-state index contributed by atoms with van der Waals surface area (Å²) >= 11 is 0. The highest BCUT2D eigenvalue weighted by atomic mass is 16.5. The molecule has 0 spiro atoms. The van der Waals surface area contributed by atoms with Gasteiger partial charge < -0.3 is 15.4 Å². The summed E-state index contributed by atoms with van der Waals surface area (Å²) in [6.07, 6.45) is 3.41. The van der Waals surface area contributed by atoms with Crippen LogP contribution in [0.4, 0.5) is 5.69 Å². The summed E-state index contributed by atoms with van der Waals surface area (Å²) < 4.78 is 6.26. The monoisotopic (exact) mass is 232 g/mol. The number of nitrogens with one attached hydrogen (secondary N) is 2. The van der Waals surface area contributed by atoms with E-state index in [2.05, 4.69) is 35.8 Å². The van der Waals surface area contributed by atoms with Crippen LogP contribution in [0, 0.1) is 0 Å². The van der Waals surface area contributed by atoms with Crippen molar-refractivity contribution < 1.29 is 4.74 Å². The van der Waals surface area contributed by atoms with E-state index < -0.39 is 0 Å². The SMILES string of the molecule is CC1(Oc2cccc3c2CCCN3)CCNC1. The van der Waals surface area contributed by atoms with Crippen molar-refractivity contribution in [2.75, 3.05) is 25.0 Å². The van der Waals surface area contributed by atoms with E-state index in [4.69, 9.17) is 4.74 Å². The third kappa shape index (κ3) is 2.12. The lowest BCUT2D eigenvalue weighted by Gasteiger charge is -2.28. The molecule has 3 heteroatoms. The van der Waals surface area contributed by atoms with Crippen LogP contribution in [0.2, 0.25) is 0 Å². The van der Waals surface area contributed by atoms with Gasteiger partial charge in [0.05, 0.1) is 0 Å². The van der Waals surface area contributed by atoms with Gasteiger partial charge in [0.15, 0.2) is 0 Å². The standard InChI is InChI=1S/C14H20N2O/c1-14(7-9-15-10-14)17-13-6-2-5-12-11(13)4-3-8-16-12/h2,5-6,15-16H,3-4,7-10H2,1H3. The summed E-state index contributed by atoms with van der Waals surface area (Å²) in [5.41, 5.74) is 2.57. The molecular formula is C14H20N2O. The summed E-state index contributed by atoms with van der Waals surface area (Å²) in [5.74, 6) is 1.07. The summed E-state index contributed by atoms with van der Waals surface area (Å²) in [5, 5.41) is 6.82. The molecule has 2 aliphatic rings. The van der Waals surface area contributed by atoms with Crippen LogP contribution < -0.4 is 15.4 Å². The highest BCUT2D eigenvalue weighted by Gasteiger charge is 2.31. The topological polar surface area (TPSA) is 33.3 Å². The maximum Gasteiger partial charge on any atom is 0.125 e. The third-order valence-corrected chi connectivity index (χ3v) is 3.74. The molecule has 0 saturated carbocycles. The highest BCUT2D eigenvalue weighted by molar-refractivity contribution is 5.59. The van der Waals surface area contributed by atoms with Gasteiger partial charge >= 0.3 is 0 Å². The van der Waals surface area contributed by atoms with Gasteiger partial charge in [0.25, 0.3) is 0 Å². The summed E-state index contributed by atoms with van der Waals surface area (Å²) in [6.45, 7) is 5.28. The number of ether oxygens (including phenoxy) is 1. The number of benzene rings is 1. The molecule has 17 heavy (non-hydrogen) atoms. The molecule has 1 unspecified atom stereocenters. The molecule has 3 rings (SSSR count). The van der Waals surface area contributed by atoms with Gasteiger partial charge in [-0.2, -0.15) is 0 Å². The van der Waals surface area contributed by atoms with Gasteiger partial charge in [-0.25, -0.2) is 0 Å². The predicted octanol–water partition coefficient (Wildman–Crippen LogP) is 2.18. The second-order valence-electron chi connectivity index (χ2n) is 5.29. The summed E-state index contributed by atoms with van der Waals surface area (Å²) in [6, 6.07) is 6.34. The molecular weight excluding hydrogens is 212 g/mol. The molecule has 1 atom stereocenters. The first-order valence-electron chi connectivity index (χ1n) is 6.52. The van der Waals surface area contributed by atoms with Crippen molar-refractivity contribution >= 4 is 5.69 Å². The van der Waals surface area contributed by atoms with Crippen molar-refractivity contribution in [2.24, 2.45) is 0 Å². The van der Waals surface area contributed by atoms with E-state index in [0.29, 0.717) is 0 Å². The normalized spacial score (nSPS) is 27.4. The molecule has 2 aliphatic heterocycles. The fourth-order valence-corrected chi connectivity index (χ4v) is 2.72. The van der Waals surface area contributed by atoms with Gasteiger partial charge in [0.2, 0.25) is 0 Å². The molecule has 2 N–H and O–H groups in total. The van der Waals surface area contributed by atoms with Crippen LogP contribution in [0.15, 0.2) is 18.2 Å². The Labute approximate surface area is 103 Å². The molecule has 1 aromatic carbocycles. The van der Waals surface area contributed by atoms with Crippen LogP contribution in [0.3, 0.4) is 0 Å². The van der Waals surface area contributed by atoms with E-state index in [1.807, 2.05) is 0 Å². The first-order chi connectivity index (χ1) is 8.27. The second-order valence-corrected chi connectivity index (χ2v) is 5.29. The maximum atomic E-state index is 6.26. The molecule has 92 valence electrons. The quantitative estimate of drug-likeness (QED) is 0.820. The minimum Gasteiger partial charge on any atom is -0.486 e. The van der Waals surface area contributed by atoms with Crippen molar-refractivity contribution in [3.63, 3.8) is 0 Å². The lowest BCUT2D eigenvalue weighted by Crippen LogP contribution is -2.35. The second kappa shape index (κ2) is 4.22. The first kappa shape index (κ1) is 10.9. The van der Waals surface area contributed by atoms with Gasteiger partial charge in [0, 0.05) is 30.8 Å². The van der Waals surface area contributed by atoms with Crippen LogP contribution in [0.5, 0.6) is 5.75 Å². The predicted molar refractivity (Wildman–Crippen MR) is 69.8 cm³/mol. The highest BCUT2D eigenvalue weighted by Crippen LogP contribution is 2.34. The van der Waals surface area contributed by atoms with E-state index >= 15 is 0 Å². The van der Waals surface area contributed by atoms with Crippen molar-refractivity contribution in [1.29, 1.82) is 0 Å². The minimum absolute atomic E-state index is 0.0351. The Bertz CT molecular complexity index is 411.